The van der Waals surface area contributed by atoms with Gasteiger partial charge in [0, 0.05) is 12.5 Å². The lowest BCUT2D eigenvalue weighted by Crippen LogP contribution is -2.17. The molecule has 25 heavy (non-hydrogen) atoms. The number of hydrogen-bond donors (Lipinski definition) is 1. The predicted molar refractivity (Wildman–Crippen MR) is 102 cm³/mol. The van der Waals surface area contributed by atoms with Crippen LogP contribution in [0, 0.1) is 0 Å². The van der Waals surface area contributed by atoms with Gasteiger partial charge < -0.3 is 5.73 Å². The van der Waals surface area contributed by atoms with Gasteiger partial charge in [-0.3, -0.25) is 4.99 Å². The van der Waals surface area contributed by atoms with E-state index in [1.54, 1.807) is 31.2 Å². The molecule has 2 aromatic carbocycles. The highest BCUT2D eigenvalue weighted by molar-refractivity contribution is 7.90. The minimum atomic E-state index is -3.34. The number of fused-ring (bicyclic) bond motifs is 1. The van der Waals surface area contributed by atoms with E-state index in [0.717, 1.165) is 24.8 Å². The summed E-state index contributed by atoms with van der Waals surface area (Å²) in [5.74, 6) is 0.961. The first-order chi connectivity index (χ1) is 12.0. The maximum atomic E-state index is 12.7. The van der Waals surface area contributed by atoms with E-state index in [0.29, 0.717) is 23.2 Å². The minimum Gasteiger partial charge on any atom is -0.388 e. The Kier molecular flexibility index (Phi) is 5.23. The van der Waals surface area contributed by atoms with Crippen LogP contribution in [0.25, 0.3) is 0 Å². The number of sulfone groups is 1. The first kappa shape index (κ1) is 17.7. The Bertz CT molecular complexity index is 870. The molecular formula is C20H24N2O2S. The molecule has 0 spiro atoms. The number of amidine groups is 1. The minimum absolute atomic E-state index is 0.0477. The van der Waals surface area contributed by atoms with E-state index in [-0.39, 0.29) is 5.75 Å². The molecule has 132 valence electrons. The van der Waals surface area contributed by atoms with Crippen molar-refractivity contribution in [3.8, 4) is 0 Å². The molecule has 3 rings (SSSR count). The normalized spacial score (nSPS) is 18.0. The average molecular weight is 356 g/mol. The largest absolute Gasteiger partial charge is 0.388 e. The molecule has 1 unspecified atom stereocenters. The highest BCUT2D eigenvalue weighted by Gasteiger charge is 2.24. The SMILES string of the molecule is CC(N)=NCC1CCCc2c(CS(=O)(=O)c3ccccc3)cccc21. The summed E-state index contributed by atoms with van der Waals surface area (Å²) in [5.41, 5.74) is 9.01. The molecular weight excluding hydrogens is 332 g/mol. The Hall–Kier alpha value is -2.14. The summed E-state index contributed by atoms with van der Waals surface area (Å²) < 4.78 is 25.5. The van der Waals surface area contributed by atoms with Gasteiger partial charge in [-0.2, -0.15) is 0 Å². The van der Waals surface area contributed by atoms with E-state index < -0.39 is 9.84 Å². The molecule has 0 saturated carbocycles. The number of nitrogens with two attached hydrogens (primary N) is 1. The van der Waals surface area contributed by atoms with Crippen molar-refractivity contribution in [2.24, 2.45) is 10.7 Å². The van der Waals surface area contributed by atoms with Gasteiger partial charge in [0.15, 0.2) is 9.84 Å². The van der Waals surface area contributed by atoms with Gasteiger partial charge in [-0.15, -0.1) is 0 Å². The second kappa shape index (κ2) is 7.40. The van der Waals surface area contributed by atoms with Gasteiger partial charge in [-0.1, -0.05) is 36.4 Å². The maximum absolute atomic E-state index is 12.7. The quantitative estimate of drug-likeness (QED) is 0.659. The number of hydrogen-bond acceptors (Lipinski definition) is 3. The van der Waals surface area contributed by atoms with Crippen LogP contribution in [0.4, 0.5) is 0 Å². The molecule has 0 fully saturated rings. The first-order valence-electron chi connectivity index (χ1n) is 8.62. The Labute approximate surface area is 149 Å². The molecule has 0 amide bonds. The van der Waals surface area contributed by atoms with Crippen molar-refractivity contribution in [1.29, 1.82) is 0 Å². The summed E-state index contributed by atoms with van der Waals surface area (Å²) in [6.45, 7) is 2.47. The second-order valence-electron chi connectivity index (χ2n) is 6.63. The lowest BCUT2D eigenvalue weighted by molar-refractivity contribution is 0.558. The Morgan fingerprint density at radius 3 is 2.64 bits per heavy atom. The van der Waals surface area contributed by atoms with E-state index in [4.69, 9.17) is 5.73 Å². The Balaban J connectivity index is 1.92. The first-order valence-corrected chi connectivity index (χ1v) is 10.3. The van der Waals surface area contributed by atoms with Gasteiger partial charge in [0.2, 0.25) is 0 Å². The van der Waals surface area contributed by atoms with Gasteiger partial charge in [-0.25, -0.2) is 8.42 Å². The lowest BCUT2D eigenvalue weighted by atomic mass is 9.81. The highest BCUT2D eigenvalue weighted by atomic mass is 32.2. The van der Waals surface area contributed by atoms with E-state index in [1.165, 1.54) is 11.1 Å². The molecule has 2 N–H and O–H groups in total. The maximum Gasteiger partial charge on any atom is 0.182 e. The Morgan fingerprint density at radius 1 is 1.16 bits per heavy atom. The monoisotopic (exact) mass is 356 g/mol. The van der Waals surface area contributed by atoms with Crippen LogP contribution in [-0.2, 0) is 22.0 Å². The molecule has 0 radical (unpaired) electrons. The third-order valence-corrected chi connectivity index (χ3v) is 6.42. The summed E-state index contributed by atoms with van der Waals surface area (Å²) >= 11 is 0. The standard InChI is InChI=1S/C20H24N2O2S/c1-15(21)22-13-16-7-5-12-20-17(8-6-11-19(16)20)14-25(23,24)18-9-3-2-4-10-18/h2-4,6,8-11,16H,5,7,12-14H2,1H3,(H2,21,22). The zero-order chi connectivity index (χ0) is 17.9. The van der Waals surface area contributed by atoms with Crippen molar-refractivity contribution in [2.45, 2.75) is 42.8 Å². The van der Waals surface area contributed by atoms with Crippen LogP contribution in [0.5, 0.6) is 0 Å². The topological polar surface area (TPSA) is 72.5 Å². The van der Waals surface area contributed by atoms with Crippen molar-refractivity contribution >= 4 is 15.7 Å². The number of rotatable bonds is 5. The molecule has 5 heteroatoms. The molecule has 1 atom stereocenters. The third-order valence-electron chi connectivity index (χ3n) is 4.74. The zero-order valence-corrected chi connectivity index (χ0v) is 15.3. The third kappa shape index (κ3) is 4.10. The molecule has 0 bridgehead atoms. The zero-order valence-electron chi connectivity index (χ0n) is 14.5. The van der Waals surface area contributed by atoms with Gasteiger partial charge in [-0.05, 0) is 55.0 Å². The highest BCUT2D eigenvalue weighted by Crippen LogP contribution is 2.35. The van der Waals surface area contributed by atoms with Gasteiger partial charge in [0.1, 0.15) is 0 Å². The van der Waals surface area contributed by atoms with Gasteiger partial charge in [0.05, 0.1) is 16.5 Å². The average Bonchev–Trinajstić information content (AvgIpc) is 2.61. The van der Waals surface area contributed by atoms with Crippen LogP contribution in [-0.4, -0.2) is 20.8 Å². The lowest BCUT2D eigenvalue weighted by Gasteiger charge is -2.26. The summed E-state index contributed by atoms with van der Waals surface area (Å²) in [6.07, 6.45) is 3.05. The van der Waals surface area contributed by atoms with E-state index in [1.807, 2.05) is 18.2 Å². The molecule has 0 saturated heterocycles. The van der Waals surface area contributed by atoms with Crippen molar-refractivity contribution in [3.63, 3.8) is 0 Å². The van der Waals surface area contributed by atoms with Crippen LogP contribution in [0.3, 0.4) is 0 Å². The summed E-state index contributed by atoms with van der Waals surface area (Å²) in [4.78, 5) is 4.75. The van der Waals surface area contributed by atoms with Crippen LogP contribution < -0.4 is 5.73 Å². The molecule has 2 aromatic rings. The smallest absolute Gasteiger partial charge is 0.182 e. The Morgan fingerprint density at radius 2 is 1.92 bits per heavy atom. The van der Waals surface area contributed by atoms with E-state index in [9.17, 15) is 8.42 Å². The van der Waals surface area contributed by atoms with Crippen LogP contribution in [0.1, 0.15) is 42.4 Å². The fourth-order valence-electron chi connectivity index (χ4n) is 3.52. The van der Waals surface area contributed by atoms with Crippen molar-refractivity contribution in [1.82, 2.24) is 0 Å². The summed E-state index contributed by atoms with van der Waals surface area (Å²) in [5, 5.41) is 0. The van der Waals surface area contributed by atoms with Crippen LogP contribution in [0.2, 0.25) is 0 Å². The van der Waals surface area contributed by atoms with E-state index >= 15 is 0 Å². The van der Waals surface area contributed by atoms with Crippen molar-refractivity contribution in [2.75, 3.05) is 6.54 Å². The predicted octanol–water partition coefficient (Wildman–Crippen LogP) is 3.46. The van der Waals surface area contributed by atoms with Crippen molar-refractivity contribution in [3.05, 3.63) is 65.2 Å². The van der Waals surface area contributed by atoms with Gasteiger partial charge >= 0.3 is 0 Å². The fourth-order valence-corrected chi connectivity index (χ4v) is 4.94. The summed E-state index contributed by atoms with van der Waals surface area (Å²) in [7, 11) is -3.34. The molecule has 1 aliphatic carbocycles. The molecule has 1 aliphatic rings. The second-order valence-corrected chi connectivity index (χ2v) is 8.62. The fraction of sp³-hybridized carbons (Fsp3) is 0.350. The van der Waals surface area contributed by atoms with Gasteiger partial charge in [0.25, 0.3) is 0 Å². The molecule has 0 aromatic heterocycles. The molecule has 4 nitrogen and oxygen atoms in total. The van der Waals surface area contributed by atoms with Crippen LogP contribution in [0.15, 0.2) is 58.4 Å². The number of benzene rings is 2. The van der Waals surface area contributed by atoms with Crippen molar-refractivity contribution < 1.29 is 8.42 Å². The summed E-state index contributed by atoms with van der Waals surface area (Å²) in [6, 6.07) is 14.7. The van der Waals surface area contributed by atoms with E-state index in [2.05, 4.69) is 11.1 Å². The number of aliphatic imine (C=N–C) groups is 1. The van der Waals surface area contributed by atoms with Crippen LogP contribution >= 0.6 is 0 Å². The molecule has 0 heterocycles. The molecule has 0 aliphatic heterocycles. The number of nitrogens with zero attached hydrogens (tertiary/aromatic N) is 1.